The van der Waals surface area contributed by atoms with Crippen LogP contribution in [0.25, 0.3) is 10.9 Å². The van der Waals surface area contributed by atoms with E-state index in [9.17, 15) is 9.59 Å². The lowest BCUT2D eigenvalue weighted by atomic mass is 10.2. The molecule has 0 fully saturated rings. The van der Waals surface area contributed by atoms with Gasteiger partial charge in [0.05, 0.1) is 23.7 Å². The molecular weight excluding hydrogens is 398 g/mol. The molecule has 0 saturated carbocycles. The van der Waals surface area contributed by atoms with Crippen LogP contribution in [0, 0.1) is 0 Å². The highest BCUT2D eigenvalue weighted by atomic mass is 16.5. The number of nitrogens with zero attached hydrogens (tertiary/aromatic N) is 5. The quantitative estimate of drug-likeness (QED) is 0.433. The largest absolute Gasteiger partial charge is 0.457 e. The molecule has 2 aromatic carbocycles. The van der Waals surface area contributed by atoms with Gasteiger partial charge < -0.3 is 15.8 Å². The molecule has 0 atom stereocenters. The fraction of sp³-hybridized carbons (Fsp3) is 0.143. The highest BCUT2D eigenvalue weighted by Crippen LogP contribution is 2.13. The van der Waals surface area contributed by atoms with E-state index in [4.69, 9.17) is 10.5 Å². The van der Waals surface area contributed by atoms with Crippen LogP contribution in [0.15, 0.2) is 65.7 Å². The van der Waals surface area contributed by atoms with Gasteiger partial charge in [-0.3, -0.25) is 14.2 Å². The van der Waals surface area contributed by atoms with Crippen molar-refractivity contribution in [2.24, 2.45) is 0 Å². The second-order valence-electron chi connectivity index (χ2n) is 6.60. The summed E-state index contributed by atoms with van der Waals surface area (Å²) in [6.45, 7) is -0.0183. The van der Waals surface area contributed by atoms with E-state index in [0.717, 1.165) is 5.69 Å². The number of hydrogen-bond acceptors (Lipinski definition) is 9. The lowest BCUT2D eigenvalue weighted by molar-refractivity contribution is -0.145. The number of carbonyl (C=O) groups excluding carboxylic acids is 1. The number of para-hydroxylation sites is 2. The lowest BCUT2D eigenvalue weighted by Gasteiger charge is -2.09. The van der Waals surface area contributed by atoms with Crippen molar-refractivity contribution in [3.8, 4) is 0 Å². The number of aromatic nitrogens is 5. The Morgan fingerprint density at radius 1 is 1.03 bits per heavy atom. The van der Waals surface area contributed by atoms with Gasteiger partial charge in [0.1, 0.15) is 0 Å². The van der Waals surface area contributed by atoms with E-state index in [2.05, 4.69) is 25.3 Å². The summed E-state index contributed by atoms with van der Waals surface area (Å²) >= 11 is 0. The van der Waals surface area contributed by atoms with Crippen molar-refractivity contribution in [2.75, 3.05) is 11.1 Å². The average Bonchev–Trinajstić information content (AvgIpc) is 2.78. The van der Waals surface area contributed by atoms with Crippen LogP contribution in [0.5, 0.6) is 0 Å². The van der Waals surface area contributed by atoms with Crippen molar-refractivity contribution in [1.82, 2.24) is 24.5 Å². The summed E-state index contributed by atoms with van der Waals surface area (Å²) in [6.07, 6.45) is 1.42. The van der Waals surface area contributed by atoms with Gasteiger partial charge in [0.2, 0.25) is 11.9 Å². The third kappa shape index (κ3) is 4.99. The van der Waals surface area contributed by atoms with Gasteiger partial charge in [0.25, 0.3) is 5.56 Å². The smallest absolute Gasteiger partial charge is 0.308 e. The van der Waals surface area contributed by atoms with E-state index < -0.39 is 5.97 Å². The third-order valence-corrected chi connectivity index (χ3v) is 4.38. The van der Waals surface area contributed by atoms with Crippen molar-refractivity contribution in [1.29, 1.82) is 0 Å². The van der Waals surface area contributed by atoms with E-state index in [1.807, 2.05) is 36.4 Å². The van der Waals surface area contributed by atoms with Gasteiger partial charge in [0.15, 0.2) is 12.4 Å². The van der Waals surface area contributed by atoms with Gasteiger partial charge in [-0.1, -0.05) is 30.3 Å². The SMILES string of the molecule is Nc1nc(COC(=O)CCn2cnc3ccccc3c2=O)nc(Nc2ccccc2)n1. The average molecular weight is 417 g/mol. The Morgan fingerprint density at radius 3 is 2.65 bits per heavy atom. The predicted octanol–water partition coefficient (Wildman–Crippen LogP) is 2.04. The Labute approximate surface area is 176 Å². The van der Waals surface area contributed by atoms with Crippen LogP contribution in [0.2, 0.25) is 0 Å². The lowest BCUT2D eigenvalue weighted by Crippen LogP contribution is -2.22. The van der Waals surface area contributed by atoms with E-state index in [0.29, 0.717) is 10.9 Å². The van der Waals surface area contributed by atoms with Crippen molar-refractivity contribution >= 4 is 34.5 Å². The summed E-state index contributed by atoms with van der Waals surface area (Å²) in [5, 5.41) is 3.51. The number of carbonyl (C=O) groups is 1. The van der Waals surface area contributed by atoms with E-state index in [-0.39, 0.29) is 42.9 Å². The molecule has 4 aromatic rings. The number of nitrogen functional groups attached to an aromatic ring is 1. The van der Waals surface area contributed by atoms with Crippen LogP contribution >= 0.6 is 0 Å². The zero-order chi connectivity index (χ0) is 21.6. The van der Waals surface area contributed by atoms with Crippen molar-refractivity contribution < 1.29 is 9.53 Å². The molecule has 4 rings (SSSR count). The van der Waals surface area contributed by atoms with E-state index in [1.165, 1.54) is 10.9 Å². The van der Waals surface area contributed by atoms with Gasteiger partial charge >= 0.3 is 5.97 Å². The number of nitrogens with one attached hydrogen (secondary N) is 1. The highest BCUT2D eigenvalue weighted by molar-refractivity contribution is 5.77. The zero-order valence-corrected chi connectivity index (χ0v) is 16.4. The van der Waals surface area contributed by atoms with Crippen LogP contribution in [-0.4, -0.2) is 30.5 Å². The number of fused-ring (bicyclic) bond motifs is 1. The molecular formula is C21H19N7O3. The first-order chi connectivity index (χ1) is 15.1. The summed E-state index contributed by atoms with van der Waals surface area (Å²) in [6, 6.07) is 16.4. The number of nitrogens with two attached hydrogens (primary N) is 1. The fourth-order valence-electron chi connectivity index (χ4n) is 2.90. The maximum Gasteiger partial charge on any atom is 0.308 e. The molecule has 31 heavy (non-hydrogen) atoms. The first-order valence-corrected chi connectivity index (χ1v) is 9.51. The molecule has 0 spiro atoms. The van der Waals surface area contributed by atoms with Crippen molar-refractivity contribution in [3.05, 3.63) is 77.1 Å². The first-order valence-electron chi connectivity index (χ1n) is 9.51. The molecule has 0 aliphatic rings. The Bertz CT molecular complexity index is 1270. The van der Waals surface area contributed by atoms with Crippen LogP contribution in [0.1, 0.15) is 12.2 Å². The second-order valence-corrected chi connectivity index (χ2v) is 6.60. The minimum Gasteiger partial charge on any atom is -0.457 e. The summed E-state index contributed by atoms with van der Waals surface area (Å²) < 4.78 is 6.61. The maximum atomic E-state index is 12.5. The summed E-state index contributed by atoms with van der Waals surface area (Å²) in [7, 11) is 0. The summed E-state index contributed by atoms with van der Waals surface area (Å²) in [4.78, 5) is 41.1. The highest BCUT2D eigenvalue weighted by Gasteiger charge is 2.10. The fourth-order valence-corrected chi connectivity index (χ4v) is 2.90. The van der Waals surface area contributed by atoms with Crippen LogP contribution < -0.4 is 16.6 Å². The third-order valence-electron chi connectivity index (χ3n) is 4.38. The van der Waals surface area contributed by atoms with E-state index in [1.54, 1.807) is 18.2 Å². The standard InChI is InChI=1S/C21H19N7O3/c22-20-25-17(26-21(27-20)24-14-6-2-1-3-7-14)12-31-18(29)10-11-28-13-23-16-9-5-4-8-15(16)19(28)30/h1-9,13H,10-12H2,(H3,22,24,25,26,27). The van der Waals surface area contributed by atoms with Gasteiger partial charge in [-0.15, -0.1) is 0 Å². The number of hydrogen-bond donors (Lipinski definition) is 2. The molecule has 10 nitrogen and oxygen atoms in total. The molecule has 2 heterocycles. The molecule has 0 bridgehead atoms. The predicted molar refractivity (Wildman–Crippen MR) is 114 cm³/mol. The molecule has 156 valence electrons. The monoisotopic (exact) mass is 417 g/mol. The Balaban J connectivity index is 1.36. The summed E-state index contributed by atoms with van der Waals surface area (Å²) in [5.41, 5.74) is 6.91. The Kier molecular flexibility index (Phi) is 5.79. The first kappa shape index (κ1) is 20.0. The topological polar surface area (TPSA) is 138 Å². The van der Waals surface area contributed by atoms with Crippen LogP contribution in [0.4, 0.5) is 17.6 Å². The number of anilines is 3. The summed E-state index contributed by atoms with van der Waals surface area (Å²) in [5.74, 6) is -0.0350. The Hall–Kier alpha value is -4.34. The van der Waals surface area contributed by atoms with Crippen LogP contribution in [-0.2, 0) is 22.7 Å². The van der Waals surface area contributed by atoms with Gasteiger partial charge in [-0.2, -0.15) is 15.0 Å². The molecule has 2 aromatic heterocycles. The second kappa shape index (κ2) is 8.99. The molecule has 3 N–H and O–H groups in total. The molecule has 0 aliphatic heterocycles. The number of aryl methyl sites for hydroxylation is 1. The molecule has 10 heteroatoms. The molecule has 0 aliphatic carbocycles. The van der Waals surface area contributed by atoms with Crippen molar-refractivity contribution in [3.63, 3.8) is 0 Å². The zero-order valence-electron chi connectivity index (χ0n) is 16.4. The number of ether oxygens (including phenoxy) is 1. The number of rotatable bonds is 7. The molecule has 0 amide bonds. The molecule has 0 unspecified atom stereocenters. The van der Waals surface area contributed by atoms with Gasteiger partial charge in [-0.25, -0.2) is 4.98 Å². The van der Waals surface area contributed by atoms with Crippen molar-refractivity contribution in [2.45, 2.75) is 19.6 Å². The molecule has 0 saturated heterocycles. The minimum absolute atomic E-state index is 0.00435. The van der Waals surface area contributed by atoms with Crippen LogP contribution in [0.3, 0.4) is 0 Å². The maximum absolute atomic E-state index is 12.5. The molecule has 0 radical (unpaired) electrons. The number of benzene rings is 2. The Morgan fingerprint density at radius 2 is 1.81 bits per heavy atom. The normalized spacial score (nSPS) is 10.7. The minimum atomic E-state index is -0.503. The van der Waals surface area contributed by atoms with Gasteiger partial charge in [0, 0.05) is 12.2 Å². The number of esters is 1. The van der Waals surface area contributed by atoms with E-state index >= 15 is 0 Å². The van der Waals surface area contributed by atoms with Gasteiger partial charge in [-0.05, 0) is 24.3 Å².